The third-order valence-corrected chi connectivity index (χ3v) is 2.26. The van der Waals surface area contributed by atoms with Gasteiger partial charge >= 0.3 is 0 Å². The van der Waals surface area contributed by atoms with Crippen LogP contribution in [0.2, 0.25) is 0 Å². The van der Waals surface area contributed by atoms with Gasteiger partial charge in [0.1, 0.15) is 17.7 Å². The lowest BCUT2D eigenvalue weighted by atomic mass is 10.1. The van der Waals surface area contributed by atoms with E-state index in [-0.39, 0.29) is 6.10 Å². The smallest absolute Gasteiger partial charge is 0.232 e. The summed E-state index contributed by atoms with van der Waals surface area (Å²) in [6.07, 6.45) is 1.83. The molecule has 1 saturated heterocycles. The van der Waals surface area contributed by atoms with Crippen LogP contribution in [0.15, 0.2) is 12.3 Å². The molecule has 1 aromatic heterocycles. The van der Waals surface area contributed by atoms with Gasteiger partial charge in [0.15, 0.2) is 0 Å². The standard InChI is InChI=1S/C10H11N3O/c1-7-2-3-13-10(9(7)4-11)14-8-5-12-6-8/h2-3,8,12H,5-6H2,1H3. The van der Waals surface area contributed by atoms with Crippen LogP contribution in [0.5, 0.6) is 5.88 Å². The first-order chi connectivity index (χ1) is 6.81. The van der Waals surface area contributed by atoms with Crippen molar-refractivity contribution >= 4 is 0 Å². The highest BCUT2D eigenvalue weighted by Gasteiger charge is 2.20. The van der Waals surface area contributed by atoms with Crippen LogP contribution in [0.25, 0.3) is 0 Å². The number of aryl methyl sites for hydroxylation is 1. The fourth-order valence-electron chi connectivity index (χ4n) is 1.26. The van der Waals surface area contributed by atoms with Crippen molar-refractivity contribution < 1.29 is 4.74 Å². The summed E-state index contributed by atoms with van der Waals surface area (Å²) in [6, 6.07) is 3.92. The molecule has 0 aliphatic carbocycles. The number of ether oxygens (including phenoxy) is 1. The highest BCUT2D eigenvalue weighted by atomic mass is 16.5. The maximum Gasteiger partial charge on any atom is 0.232 e. The summed E-state index contributed by atoms with van der Waals surface area (Å²) < 4.78 is 5.56. The molecule has 0 aromatic carbocycles. The maximum absolute atomic E-state index is 8.92. The lowest BCUT2D eigenvalue weighted by Gasteiger charge is -2.27. The number of nitriles is 1. The average Bonchev–Trinajstić information content (AvgIpc) is 2.11. The molecule has 4 heteroatoms. The Morgan fingerprint density at radius 3 is 3.00 bits per heavy atom. The third kappa shape index (κ3) is 1.54. The second-order valence-electron chi connectivity index (χ2n) is 3.32. The van der Waals surface area contributed by atoms with Gasteiger partial charge in [-0.25, -0.2) is 4.98 Å². The fraction of sp³-hybridized carbons (Fsp3) is 0.400. The highest BCUT2D eigenvalue weighted by molar-refractivity contribution is 5.43. The van der Waals surface area contributed by atoms with E-state index in [9.17, 15) is 0 Å². The van der Waals surface area contributed by atoms with E-state index in [2.05, 4.69) is 16.4 Å². The minimum absolute atomic E-state index is 0.163. The van der Waals surface area contributed by atoms with Gasteiger partial charge in [0.05, 0.1) is 0 Å². The van der Waals surface area contributed by atoms with E-state index in [4.69, 9.17) is 10.00 Å². The predicted molar refractivity (Wildman–Crippen MR) is 51.0 cm³/mol. The first-order valence-electron chi connectivity index (χ1n) is 4.54. The molecule has 1 fully saturated rings. The Bertz CT molecular complexity index is 379. The molecule has 14 heavy (non-hydrogen) atoms. The summed E-state index contributed by atoms with van der Waals surface area (Å²) in [4.78, 5) is 4.06. The number of nitrogens with zero attached hydrogens (tertiary/aromatic N) is 2. The first-order valence-corrected chi connectivity index (χ1v) is 4.54. The zero-order valence-electron chi connectivity index (χ0n) is 7.95. The molecule has 0 atom stereocenters. The molecule has 1 aliphatic rings. The first kappa shape index (κ1) is 8.97. The summed E-state index contributed by atoms with van der Waals surface area (Å²) in [5, 5.41) is 12.0. The molecule has 0 spiro atoms. The van der Waals surface area contributed by atoms with Gasteiger partial charge in [-0.05, 0) is 18.6 Å². The second-order valence-corrected chi connectivity index (χ2v) is 3.32. The van der Waals surface area contributed by atoms with Gasteiger partial charge in [0.2, 0.25) is 5.88 Å². The lowest BCUT2D eigenvalue weighted by Crippen LogP contribution is -2.50. The Labute approximate surface area is 82.5 Å². The molecule has 4 nitrogen and oxygen atoms in total. The van der Waals surface area contributed by atoms with Crippen LogP contribution < -0.4 is 10.1 Å². The molecule has 2 heterocycles. The number of aromatic nitrogens is 1. The van der Waals surface area contributed by atoms with Gasteiger partial charge in [0.25, 0.3) is 0 Å². The highest BCUT2D eigenvalue weighted by Crippen LogP contribution is 2.19. The zero-order chi connectivity index (χ0) is 9.97. The van der Waals surface area contributed by atoms with Crippen LogP contribution >= 0.6 is 0 Å². The lowest BCUT2D eigenvalue weighted by molar-refractivity contribution is 0.135. The van der Waals surface area contributed by atoms with Crippen molar-refractivity contribution in [1.82, 2.24) is 10.3 Å². The zero-order valence-corrected chi connectivity index (χ0v) is 7.95. The van der Waals surface area contributed by atoms with Gasteiger partial charge in [-0.1, -0.05) is 0 Å². The number of hydrogen-bond donors (Lipinski definition) is 1. The van der Waals surface area contributed by atoms with Crippen LogP contribution in [0.3, 0.4) is 0 Å². The van der Waals surface area contributed by atoms with Crippen LogP contribution in [0.4, 0.5) is 0 Å². The molecule has 72 valence electrons. The van der Waals surface area contributed by atoms with Crippen LogP contribution in [0.1, 0.15) is 11.1 Å². The Morgan fingerprint density at radius 1 is 1.64 bits per heavy atom. The Kier molecular flexibility index (Phi) is 2.33. The van der Waals surface area contributed by atoms with Crippen molar-refractivity contribution in [2.24, 2.45) is 0 Å². The van der Waals surface area contributed by atoms with Crippen molar-refractivity contribution in [2.45, 2.75) is 13.0 Å². The quantitative estimate of drug-likeness (QED) is 0.740. The molecule has 0 saturated carbocycles. The van der Waals surface area contributed by atoms with E-state index in [0.29, 0.717) is 11.4 Å². The molecular weight excluding hydrogens is 178 g/mol. The monoisotopic (exact) mass is 189 g/mol. The van der Waals surface area contributed by atoms with E-state index >= 15 is 0 Å². The Morgan fingerprint density at radius 2 is 2.43 bits per heavy atom. The number of nitrogens with one attached hydrogen (secondary N) is 1. The molecule has 1 aromatic rings. The van der Waals surface area contributed by atoms with Crippen LogP contribution in [0, 0.1) is 18.3 Å². The number of hydrogen-bond acceptors (Lipinski definition) is 4. The van der Waals surface area contributed by atoms with Crippen molar-refractivity contribution in [1.29, 1.82) is 5.26 Å². The van der Waals surface area contributed by atoms with E-state index < -0.39 is 0 Å². The molecule has 0 bridgehead atoms. The third-order valence-electron chi connectivity index (χ3n) is 2.26. The Hall–Kier alpha value is -1.60. The predicted octanol–water partition coefficient (Wildman–Crippen LogP) is 0.612. The largest absolute Gasteiger partial charge is 0.471 e. The molecule has 2 rings (SSSR count). The van der Waals surface area contributed by atoms with E-state index in [1.807, 2.05) is 13.0 Å². The summed E-state index contributed by atoms with van der Waals surface area (Å²) in [7, 11) is 0. The number of pyridine rings is 1. The summed E-state index contributed by atoms with van der Waals surface area (Å²) >= 11 is 0. The van der Waals surface area contributed by atoms with E-state index in [0.717, 1.165) is 18.7 Å². The van der Waals surface area contributed by atoms with Gasteiger partial charge in [-0.2, -0.15) is 5.26 Å². The fourth-order valence-corrected chi connectivity index (χ4v) is 1.26. The molecular formula is C10H11N3O. The van der Waals surface area contributed by atoms with Gasteiger partial charge in [-0.3, -0.25) is 0 Å². The summed E-state index contributed by atoms with van der Waals surface area (Å²) in [5.74, 6) is 0.457. The molecule has 0 radical (unpaired) electrons. The molecule has 1 N–H and O–H groups in total. The minimum Gasteiger partial charge on any atom is -0.471 e. The molecule has 1 aliphatic heterocycles. The van der Waals surface area contributed by atoms with Crippen LogP contribution in [-0.4, -0.2) is 24.2 Å². The van der Waals surface area contributed by atoms with Crippen molar-refractivity contribution in [3.8, 4) is 11.9 Å². The molecule has 0 unspecified atom stereocenters. The van der Waals surface area contributed by atoms with Gasteiger partial charge in [0, 0.05) is 19.3 Å². The SMILES string of the molecule is Cc1ccnc(OC2CNC2)c1C#N. The summed E-state index contributed by atoms with van der Waals surface area (Å²) in [5.41, 5.74) is 1.45. The van der Waals surface area contributed by atoms with E-state index in [1.54, 1.807) is 6.20 Å². The molecule has 0 amide bonds. The van der Waals surface area contributed by atoms with Crippen LogP contribution in [-0.2, 0) is 0 Å². The van der Waals surface area contributed by atoms with Gasteiger partial charge in [-0.15, -0.1) is 0 Å². The normalized spacial score (nSPS) is 15.7. The number of rotatable bonds is 2. The maximum atomic E-state index is 8.92. The van der Waals surface area contributed by atoms with Gasteiger partial charge < -0.3 is 10.1 Å². The van der Waals surface area contributed by atoms with E-state index in [1.165, 1.54) is 0 Å². The van der Waals surface area contributed by atoms with Crippen molar-refractivity contribution in [3.05, 3.63) is 23.4 Å². The minimum atomic E-state index is 0.163. The average molecular weight is 189 g/mol. The van der Waals surface area contributed by atoms with Crippen molar-refractivity contribution in [2.75, 3.05) is 13.1 Å². The topological polar surface area (TPSA) is 57.9 Å². The second kappa shape index (κ2) is 3.64. The van der Waals surface area contributed by atoms with Crippen molar-refractivity contribution in [3.63, 3.8) is 0 Å². The Balaban J connectivity index is 2.23. The summed E-state index contributed by atoms with van der Waals surface area (Å²) in [6.45, 7) is 3.55.